The minimum Gasteiger partial charge on any atom is -0.497 e. The van der Waals surface area contributed by atoms with Crippen LogP contribution in [0.4, 0.5) is 5.69 Å². The molecule has 2 aromatic rings. The molecule has 0 aliphatic heterocycles. The molecule has 0 fully saturated rings. The summed E-state index contributed by atoms with van der Waals surface area (Å²) in [7, 11) is 3.25. The Kier molecular flexibility index (Phi) is 4.84. The fourth-order valence-electron chi connectivity index (χ4n) is 1.86. The third kappa shape index (κ3) is 3.77. The van der Waals surface area contributed by atoms with Crippen LogP contribution in [-0.2, 0) is 0 Å². The van der Waals surface area contributed by atoms with Crippen molar-refractivity contribution < 1.29 is 9.47 Å². The average molecular weight is 280 g/mol. The van der Waals surface area contributed by atoms with Gasteiger partial charge < -0.3 is 14.8 Å². The molecule has 1 N–H and O–H groups in total. The molecule has 0 spiro atoms. The van der Waals surface area contributed by atoms with E-state index in [0.29, 0.717) is 0 Å². The maximum absolute atomic E-state index is 8.95. The molecule has 21 heavy (non-hydrogen) atoms. The number of allylic oxidation sites excluding steroid dienone is 1. The van der Waals surface area contributed by atoms with Crippen molar-refractivity contribution in [2.45, 2.75) is 0 Å². The lowest BCUT2D eigenvalue weighted by atomic mass is 10.1. The van der Waals surface area contributed by atoms with E-state index in [2.05, 4.69) is 11.4 Å². The summed E-state index contributed by atoms with van der Waals surface area (Å²) in [6, 6.07) is 17.1. The Labute approximate surface area is 124 Å². The van der Waals surface area contributed by atoms with Crippen molar-refractivity contribution >= 4 is 11.4 Å². The van der Waals surface area contributed by atoms with Crippen molar-refractivity contribution in [1.29, 1.82) is 5.26 Å². The van der Waals surface area contributed by atoms with E-state index in [0.717, 1.165) is 28.4 Å². The smallest absolute Gasteiger partial charge is 0.119 e. The molecule has 0 amide bonds. The topological polar surface area (TPSA) is 54.3 Å². The van der Waals surface area contributed by atoms with Crippen LogP contribution < -0.4 is 14.8 Å². The number of nitriles is 1. The van der Waals surface area contributed by atoms with Gasteiger partial charge in [0.25, 0.3) is 0 Å². The summed E-state index contributed by atoms with van der Waals surface area (Å²) in [5.74, 6) is 1.57. The van der Waals surface area contributed by atoms with Gasteiger partial charge in [-0.05, 0) is 54.1 Å². The van der Waals surface area contributed by atoms with E-state index in [1.807, 2.05) is 48.5 Å². The molecule has 0 unspecified atom stereocenters. The van der Waals surface area contributed by atoms with E-state index in [9.17, 15) is 0 Å². The maximum atomic E-state index is 8.95. The van der Waals surface area contributed by atoms with Gasteiger partial charge in [0.1, 0.15) is 11.5 Å². The normalized spacial score (nSPS) is 10.6. The highest BCUT2D eigenvalue weighted by Crippen LogP contribution is 2.22. The molecular formula is C17H16N2O2. The number of methoxy groups -OCH3 is 2. The molecule has 2 aromatic carbocycles. The molecule has 4 heteroatoms. The second-order valence-corrected chi connectivity index (χ2v) is 4.27. The molecule has 106 valence electrons. The molecular weight excluding hydrogens is 264 g/mol. The number of benzene rings is 2. The van der Waals surface area contributed by atoms with Crippen LogP contribution in [0, 0.1) is 11.3 Å². The van der Waals surface area contributed by atoms with Crippen LogP contribution in [0.2, 0.25) is 0 Å². The lowest BCUT2D eigenvalue weighted by molar-refractivity contribution is 0.414. The fraction of sp³-hybridized carbons (Fsp3) is 0.118. The minimum atomic E-state index is 0.727. The van der Waals surface area contributed by atoms with Crippen molar-refractivity contribution in [2.75, 3.05) is 19.5 Å². The number of hydrogen-bond acceptors (Lipinski definition) is 4. The number of nitrogens with zero attached hydrogens (tertiary/aromatic N) is 1. The largest absolute Gasteiger partial charge is 0.497 e. The molecule has 0 bridgehead atoms. The van der Waals surface area contributed by atoms with E-state index >= 15 is 0 Å². The Bertz CT molecular complexity index is 653. The Morgan fingerprint density at radius 3 is 1.95 bits per heavy atom. The predicted molar refractivity (Wildman–Crippen MR) is 83.2 cm³/mol. The Balaban J connectivity index is 2.22. The Morgan fingerprint density at radius 2 is 1.48 bits per heavy atom. The van der Waals surface area contributed by atoms with Crippen molar-refractivity contribution in [3.8, 4) is 17.6 Å². The van der Waals surface area contributed by atoms with Crippen LogP contribution in [0.3, 0.4) is 0 Å². The molecule has 0 heterocycles. The molecule has 0 saturated heterocycles. The molecule has 4 nitrogen and oxygen atoms in total. The molecule has 0 aliphatic rings. The highest BCUT2D eigenvalue weighted by molar-refractivity contribution is 5.78. The van der Waals surface area contributed by atoms with Gasteiger partial charge in [-0.25, -0.2) is 0 Å². The van der Waals surface area contributed by atoms with Gasteiger partial charge in [-0.15, -0.1) is 0 Å². The molecule has 0 radical (unpaired) electrons. The van der Waals surface area contributed by atoms with Crippen molar-refractivity contribution in [3.63, 3.8) is 0 Å². The van der Waals surface area contributed by atoms with E-state index in [1.54, 1.807) is 14.2 Å². The van der Waals surface area contributed by atoms with E-state index in [4.69, 9.17) is 14.7 Å². The van der Waals surface area contributed by atoms with Crippen molar-refractivity contribution in [2.24, 2.45) is 0 Å². The van der Waals surface area contributed by atoms with Crippen molar-refractivity contribution in [1.82, 2.24) is 0 Å². The van der Waals surface area contributed by atoms with Crippen LogP contribution in [0.1, 0.15) is 5.56 Å². The first-order valence-electron chi connectivity index (χ1n) is 6.42. The molecule has 2 rings (SSSR count). The number of nitrogens with one attached hydrogen (secondary N) is 1. The number of hydrogen-bond donors (Lipinski definition) is 1. The lowest BCUT2D eigenvalue weighted by Gasteiger charge is -2.11. The lowest BCUT2D eigenvalue weighted by Crippen LogP contribution is -1.99. The zero-order chi connectivity index (χ0) is 15.1. The molecule has 0 atom stereocenters. The van der Waals surface area contributed by atoms with E-state index in [-0.39, 0.29) is 0 Å². The summed E-state index contributed by atoms with van der Waals surface area (Å²) >= 11 is 0. The zero-order valence-electron chi connectivity index (χ0n) is 12.0. The third-order valence-electron chi connectivity index (χ3n) is 2.98. The second-order valence-electron chi connectivity index (χ2n) is 4.27. The summed E-state index contributed by atoms with van der Waals surface area (Å²) in [5.41, 5.74) is 2.52. The van der Waals surface area contributed by atoms with E-state index in [1.165, 1.54) is 6.08 Å². The van der Waals surface area contributed by atoms with Gasteiger partial charge in [-0.1, -0.05) is 0 Å². The van der Waals surface area contributed by atoms with Crippen LogP contribution in [-0.4, -0.2) is 14.2 Å². The second kappa shape index (κ2) is 7.01. The van der Waals surface area contributed by atoms with Crippen LogP contribution in [0.15, 0.2) is 54.6 Å². The summed E-state index contributed by atoms with van der Waals surface area (Å²) in [5, 5.41) is 12.2. The maximum Gasteiger partial charge on any atom is 0.119 e. The average Bonchev–Trinajstić information content (AvgIpc) is 2.55. The third-order valence-corrected chi connectivity index (χ3v) is 2.98. The number of rotatable bonds is 5. The Morgan fingerprint density at radius 1 is 0.952 bits per heavy atom. The first-order valence-corrected chi connectivity index (χ1v) is 6.42. The highest BCUT2D eigenvalue weighted by atomic mass is 16.5. The van der Waals surface area contributed by atoms with Gasteiger partial charge in [0.05, 0.1) is 26.0 Å². The van der Waals surface area contributed by atoms with Crippen LogP contribution in [0.25, 0.3) is 5.70 Å². The van der Waals surface area contributed by atoms with Crippen molar-refractivity contribution in [3.05, 3.63) is 60.2 Å². The summed E-state index contributed by atoms with van der Waals surface area (Å²) in [6.07, 6.45) is 1.48. The fourth-order valence-corrected chi connectivity index (χ4v) is 1.86. The van der Waals surface area contributed by atoms with Gasteiger partial charge in [-0.2, -0.15) is 5.26 Å². The van der Waals surface area contributed by atoms with Crippen LogP contribution >= 0.6 is 0 Å². The molecule has 0 aromatic heterocycles. The van der Waals surface area contributed by atoms with Gasteiger partial charge >= 0.3 is 0 Å². The quantitative estimate of drug-likeness (QED) is 0.849. The standard InChI is InChI=1S/C17H16N2O2/c1-20-15-7-3-13(4-8-15)17(11-12-18)19-14-5-9-16(21-2)10-6-14/h3-11,19H,1-2H3/b17-11+. The number of ether oxygens (including phenoxy) is 2. The summed E-state index contributed by atoms with van der Waals surface area (Å²) < 4.78 is 10.3. The molecule has 0 aliphatic carbocycles. The number of anilines is 1. The predicted octanol–water partition coefficient (Wildman–Crippen LogP) is 3.68. The van der Waals surface area contributed by atoms with E-state index < -0.39 is 0 Å². The van der Waals surface area contributed by atoms with Gasteiger partial charge in [0.2, 0.25) is 0 Å². The first-order chi connectivity index (χ1) is 10.3. The first kappa shape index (κ1) is 14.5. The Hall–Kier alpha value is -2.93. The summed E-state index contributed by atoms with van der Waals surface area (Å²) in [6.45, 7) is 0. The zero-order valence-corrected chi connectivity index (χ0v) is 12.0. The molecule has 0 saturated carbocycles. The summed E-state index contributed by atoms with van der Waals surface area (Å²) in [4.78, 5) is 0. The minimum absolute atomic E-state index is 0.727. The van der Waals surface area contributed by atoms with Crippen LogP contribution in [0.5, 0.6) is 11.5 Å². The SMILES string of the molecule is COc1ccc(N/C(=C/C#N)c2ccc(OC)cc2)cc1. The van der Waals surface area contributed by atoms with Gasteiger partial charge in [0.15, 0.2) is 0 Å². The van der Waals surface area contributed by atoms with Gasteiger partial charge in [-0.3, -0.25) is 0 Å². The highest BCUT2D eigenvalue weighted by Gasteiger charge is 2.03. The van der Waals surface area contributed by atoms with Gasteiger partial charge in [0, 0.05) is 11.8 Å². The monoisotopic (exact) mass is 280 g/mol.